The van der Waals surface area contributed by atoms with Crippen LogP contribution in [0.5, 0.6) is 0 Å². The minimum absolute atomic E-state index is 0.250. The lowest BCUT2D eigenvalue weighted by Crippen LogP contribution is -2.20. The molecular formula is C3H12N9O4P. The predicted octanol–water partition coefficient (Wildman–Crippen LogP) is -3.20. The molecule has 1 aromatic rings. The van der Waals surface area contributed by atoms with Crippen LogP contribution in [-0.4, -0.2) is 30.1 Å². The molecule has 17 heavy (non-hydrogen) atoms. The number of aromatic nitrogens is 3. The van der Waals surface area contributed by atoms with Gasteiger partial charge in [0.15, 0.2) is 11.6 Å². The molecule has 0 radical (unpaired) electrons. The van der Waals surface area contributed by atoms with Crippen LogP contribution < -0.4 is 33.8 Å². The summed E-state index contributed by atoms with van der Waals surface area (Å²) in [5.41, 5.74) is 7.20. The molecule has 0 amide bonds. The van der Waals surface area contributed by atoms with Crippen LogP contribution in [0.3, 0.4) is 0 Å². The van der Waals surface area contributed by atoms with Gasteiger partial charge in [0.05, 0.1) is 0 Å². The van der Waals surface area contributed by atoms with Crippen molar-refractivity contribution in [3.05, 3.63) is 0 Å². The lowest BCUT2D eigenvalue weighted by molar-refractivity contribution is 0.275. The first-order valence-electron chi connectivity index (χ1n) is 3.75. The quantitative estimate of drug-likeness (QED) is 0.149. The Hall–Kier alpha value is -1.60. The van der Waals surface area contributed by atoms with Crippen LogP contribution in [0.15, 0.2) is 0 Å². The minimum atomic E-state index is -4.64. The lowest BCUT2D eigenvalue weighted by Gasteiger charge is -2.08. The summed E-state index contributed by atoms with van der Waals surface area (Å²) in [6, 6.07) is 0. The number of hydrogen-bond donors (Lipinski definition) is 9. The Morgan fingerprint density at radius 3 is 1.53 bits per heavy atom. The van der Waals surface area contributed by atoms with Gasteiger partial charge in [-0.1, -0.05) is 0 Å². The van der Waals surface area contributed by atoms with E-state index in [1.165, 1.54) is 0 Å². The number of nitrogens with zero attached hydrogens (tertiary/aromatic N) is 3. The van der Waals surface area contributed by atoms with Gasteiger partial charge in [0.1, 0.15) is 5.69 Å². The molecule has 98 valence electrons. The van der Waals surface area contributed by atoms with Crippen LogP contribution in [-0.2, 0) is 4.57 Å². The zero-order valence-electron chi connectivity index (χ0n) is 8.27. The van der Waals surface area contributed by atoms with E-state index in [0.717, 1.165) is 0 Å². The van der Waals surface area contributed by atoms with Crippen molar-refractivity contribution in [3.8, 4) is 0 Å². The lowest BCUT2D eigenvalue weighted by atomic mass is 10.4. The Kier molecular flexibility index (Phi) is 6.22. The van der Waals surface area contributed by atoms with E-state index in [2.05, 4.69) is 31.7 Å². The first kappa shape index (κ1) is 15.4. The Morgan fingerprint density at radius 2 is 1.29 bits per heavy atom. The molecule has 0 aliphatic rings. The number of rotatable bonds is 3. The van der Waals surface area contributed by atoms with Gasteiger partial charge in [-0.3, -0.25) is 5.84 Å². The van der Waals surface area contributed by atoms with Gasteiger partial charge in [-0.25, -0.2) is 16.3 Å². The van der Waals surface area contributed by atoms with Crippen LogP contribution in [0, 0.1) is 0 Å². The summed E-state index contributed by atoms with van der Waals surface area (Å²) in [5.74, 6) is 15.9. The van der Waals surface area contributed by atoms with Crippen LogP contribution in [0.1, 0.15) is 0 Å². The molecule has 12 N–H and O–H groups in total. The summed E-state index contributed by atoms with van der Waals surface area (Å²) in [5, 5.41) is 10.4. The van der Waals surface area contributed by atoms with Crippen LogP contribution in [0.25, 0.3) is 0 Å². The van der Waals surface area contributed by atoms with E-state index in [1.807, 2.05) is 0 Å². The zero-order valence-corrected chi connectivity index (χ0v) is 9.17. The third kappa shape index (κ3) is 6.54. The van der Waals surface area contributed by atoms with E-state index < -0.39 is 7.82 Å². The second-order valence-electron chi connectivity index (χ2n) is 2.31. The highest BCUT2D eigenvalue weighted by atomic mass is 31.2. The van der Waals surface area contributed by atoms with Crippen molar-refractivity contribution in [2.45, 2.75) is 0 Å². The summed E-state index contributed by atoms with van der Waals surface area (Å²) in [6.45, 7) is 0. The molecule has 0 aliphatic heterocycles. The van der Waals surface area contributed by atoms with E-state index in [-0.39, 0.29) is 11.6 Å². The fraction of sp³-hybridized carbons (Fsp3) is 0. The number of phosphoric acid groups is 1. The van der Waals surface area contributed by atoms with Gasteiger partial charge in [0, 0.05) is 0 Å². The monoisotopic (exact) mass is 269 g/mol. The maximum atomic E-state index is 8.88. The maximum Gasteiger partial charge on any atom is 0.466 e. The van der Waals surface area contributed by atoms with Crippen LogP contribution in [0.4, 0.5) is 17.3 Å². The summed E-state index contributed by atoms with van der Waals surface area (Å²) < 4.78 is 8.88. The molecule has 0 atom stereocenters. The first-order valence-corrected chi connectivity index (χ1v) is 5.31. The summed E-state index contributed by atoms with van der Waals surface area (Å²) in [4.78, 5) is 21.6. The van der Waals surface area contributed by atoms with Gasteiger partial charge >= 0.3 is 7.82 Å². The van der Waals surface area contributed by atoms with Crippen molar-refractivity contribution in [1.29, 1.82) is 0 Å². The topological polar surface area (TPSA) is 231 Å². The SMILES string of the molecule is NNc1nnnc(NN)c1NN.O=P(O)(O)O. The summed E-state index contributed by atoms with van der Waals surface area (Å²) in [7, 11) is -4.64. The molecule has 13 nitrogen and oxygen atoms in total. The third-order valence-electron chi connectivity index (χ3n) is 1.18. The molecule has 0 spiro atoms. The first-order chi connectivity index (χ1) is 7.83. The number of nitrogens with two attached hydrogens (primary N) is 3. The van der Waals surface area contributed by atoms with Crippen molar-refractivity contribution in [3.63, 3.8) is 0 Å². The Labute approximate surface area is 94.5 Å². The second kappa shape index (κ2) is 6.87. The molecule has 1 heterocycles. The van der Waals surface area contributed by atoms with E-state index in [4.69, 9.17) is 36.8 Å². The van der Waals surface area contributed by atoms with Gasteiger partial charge in [-0.05, 0) is 5.21 Å². The molecule has 0 bridgehead atoms. The van der Waals surface area contributed by atoms with Gasteiger partial charge in [0.25, 0.3) is 0 Å². The van der Waals surface area contributed by atoms with Gasteiger partial charge in [0.2, 0.25) is 0 Å². The molecule has 0 aliphatic carbocycles. The van der Waals surface area contributed by atoms with Crippen molar-refractivity contribution in [1.82, 2.24) is 15.4 Å². The minimum Gasteiger partial charge on any atom is -0.318 e. The largest absolute Gasteiger partial charge is 0.466 e. The third-order valence-corrected chi connectivity index (χ3v) is 1.18. The van der Waals surface area contributed by atoms with Gasteiger partial charge in [-0.2, -0.15) is 0 Å². The van der Waals surface area contributed by atoms with E-state index >= 15 is 0 Å². The molecule has 0 saturated carbocycles. The van der Waals surface area contributed by atoms with Crippen LogP contribution >= 0.6 is 7.82 Å². The smallest absolute Gasteiger partial charge is 0.318 e. The number of hydrazine groups is 3. The normalized spacial score (nSPS) is 10.0. The second-order valence-corrected chi connectivity index (χ2v) is 3.33. The van der Waals surface area contributed by atoms with E-state index in [0.29, 0.717) is 5.69 Å². The standard InChI is InChI=1S/C3H9N9.H3O4P/c4-7-1-2(8-5)10-12-11-3(1)9-6;1-5(2,3)4/h4-6H2,(H,7,12)(H2,8,9,10,11);(H3,1,2,3,4). The number of nitrogens with one attached hydrogen (secondary N) is 3. The van der Waals surface area contributed by atoms with Gasteiger partial charge in [-0.15, -0.1) is 10.2 Å². The Balaban J connectivity index is 0.000000437. The average Bonchev–Trinajstić information content (AvgIpc) is 2.25. The number of nitrogen functional groups attached to an aromatic ring is 3. The highest BCUT2D eigenvalue weighted by molar-refractivity contribution is 7.45. The fourth-order valence-corrected chi connectivity index (χ4v) is 0.663. The zero-order chi connectivity index (χ0) is 13.5. The molecule has 1 aromatic heterocycles. The summed E-state index contributed by atoms with van der Waals surface area (Å²) >= 11 is 0. The average molecular weight is 269 g/mol. The molecule has 1 rings (SSSR count). The molecule has 0 fully saturated rings. The maximum absolute atomic E-state index is 8.88. The Bertz CT molecular complexity index is 363. The van der Waals surface area contributed by atoms with Gasteiger partial charge < -0.3 is 31.0 Å². The molecule has 0 aromatic carbocycles. The molecule has 14 heteroatoms. The van der Waals surface area contributed by atoms with Crippen molar-refractivity contribution >= 4 is 25.1 Å². The predicted molar refractivity (Wildman–Crippen MR) is 57.5 cm³/mol. The highest BCUT2D eigenvalue weighted by Gasteiger charge is 2.08. The Morgan fingerprint density at radius 1 is 0.941 bits per heavy atom. The van der Waals surface area contributed by atoms with Crippen molar-refractivity contribution < 1.29 is 19.2 Å². The van der Waals surface area contributed by atoms with E-state index in [9.17, 15) is 0 Å². The van der Waals surface area contributed by atoms with E-state index in [1.54, 1.807) is 0 Å². The van der Waals surface area contributed by atoms with Crippen molar-refractivity contribution in [2.24, 2.45) is 17.5 Å². The highest BCUT2D eigenvalue weighted by Crippen LogP contribution is 2.25. The van der Waals surface area contributed by atoms with Crippen molar-refractivity contribution in [2.75, 3.05) is 16.3 Å². The molecular weight excluding hydrogens is 257 g/mol. The number of anilines is 3. The summed E-state index contributed by atoms with van der Waals surface area (Å²) in [6.07, 6.45) is 0. The number of hydrogen-bond acceptors (Lipinski definition) is 10. The molecule has 0 saturated heterocycles. The fourth-order valence-electron chi connectivity index (χ4n) is 0.663. The molecule has 0 unspecified atom stereocenters. The van der Waals surface area contributed by atoms with Crippen LogP contribution in [0.2, 0.25) is 0 Å².